The van der Waals surface area contributed by atoms with Gasteiger partial charge in [-0.3, -0.25) is 0 Å². The molecular formula is C17H27NOS. The molecule has 2 rings (SSSR count). The van der Waals surface area contributed by atoms with Crippen molar-refractivity contribution in [3.63, 3.8) is 0 Å². The molecule has 0 aromatic heterocycles. The quantitative estimate of drug-likeness (QED) is 0.803. The summed E-state index contributed by atoms with van der Waals surface area (Å²) >= 11 is 1.84. The molecule has 1 unspecified atom stereocenters. The van der Waals surface area contributed by atoms with Crippen LogP contribution in [0.2, 0.25) is 0 Å². The normalized spacial score (nSPS) is 19.1. The first kappa shape index (κ1) is 15.9. The SMILES string of the molecule is CCSc1ccc(C(O)CCN2CCC(C)CC2)cc1. The van der Waals surface area contributed by atoms with Gasteiger partial charge in [-0.2, -0.15) is 0 Å². The van der Waals surface area contributed by atoms with Crippen molar-refractivity contribution in [2.24, 2.45) is 5.92 Å². The van der Waals surface area contributed by atoms with Crippen molar-refractivity contribution in [1.29, 1.82) is 0 Å². The van der Waals surface area contributed by atoms with Crippen molar-refractivity contribution in [2.75, 3.05) is 25.4 Å². The van der Waals surface area contributed by atoms with Gasteiger partial charge in [-0.15, -0.1) is 11.8 Å². The van der Waals surface area contributed by atoms with Gasteiger partial charge in [0.1, 0.15) is 0 Å². The van der Waals surface area contributed by atoms with Gasteiger partial charge in [0.25, 0.3) is 0 Å². The minimum Gasteiger partial charge on any atom is -0.388 e. The van der Waals surface area contributed by atoms with E-state index in [1.807, 2.05) is 11.8 Å². The van der Waals surface area contributed by atoms with E-state index in [0.29, 0.717) is 0 Å². The molecule has 0 bridgehead atoms. The lowest BCUT2D eigenvalue weighted by molar-refractivity contribution is 0.125. The average molecular weight is 293 g/mol. The molecule has 0 radical (unpaired) electrons. The Morgan fingerprint density at radius 3 is 2.50 bits per heavy atom. The second-order valence-electron chi connectivity index (χ2n) is 5.83. The van der Waals surface area contributed by atoms with Crippen LogP contribution < -0.4 is 0 Å². The van der Waals surface area contributed by atoms with Crippen LogP contribution in [-0.2, 0) is 0 Å². The number of benzene rings is 1. The average Bonchev–Trinajstić information content (AvgIpc) is 2.47. The smallest absolute Gasteiger partial charge is 0.0802 e. The van der Waals surface area contributed by atoms with Crippen LogP contribution in [-0.4, -0.2) is 35.4 Å². The van der Waals surface area contributed by atoms with Gasteiger partial charge in [-0.1, -0.05) is 26.0 Å². The molecule has 1 fully saturated rings. The van der Waals surface area contributed by atoms with E-state index < -0.39 is 0 Å². The molecule has 20 heavy (non-hydrogen) atoms. The number of rotatable bonds is 6. The first-order chi connectivity index (χ1) is 9.69. The van der Waals surface area contributed by atoms with Crippen molar-refractivity contribution >= 4 is 11.8 Å². The zero-order chi connectivity index (χ0) is 14.4. The van der Waals surface area contributed by atoms with Crippen LogP contribution in [0.3, 0.4) is 0 Å². The van der Waals surface area contributed by atoms with E-state index in [-0.39, 0.29) is 6.10 Å². The van der Waals surface area contributed by atoms with E-state index in [9.17, 15) is 5.11 Å². The molecule has 112 valence electrons. The van der Waals surface area contributed by atoms with Crippen LogP contribution in [0.4, 0.5) is 0 Å². The summed E-state index contributed by atoms with van der Waals surface area (Å²) in [6.45, 7) is 7.90. The predicted octanol–water partition coefficient (Wildman–Crippen LogP) is 3.95. The maximum absolute atomic E-state index is 10.3. The van der Waals surface area contributed by atoms with Crippen LogP contribution in [0.25, 0.3) is 0 Å². The van der Waals surface area contributed by atoms with E-state index in [4.69, 9.17) is 0 Å². The summed E-state index contributed by atoms with van der Waals surface area (Å²) in [5, 5.41) is 10.3. The number of hydrogen-bond acceptors (Lipinski definition) is 3. The van der Waals surface area contributed by atoms with Crippen molar-refractivity contribution < 1.29 is 5.11 Å². The number of likely N-dealkylation sites (tertiary alicyclic amines) is 1. The Bertz CT molecular complexity index is 384. The number of aliphatic hydroxyl groups excluding tert-OH is 1. The fourth-order valence-electron chi connectivity index (χ4n) is 2.71. The molecular weight excluding hydrogens is 266 g/mol. The number of nitrogens with zero attached hydrogens (tertiary/aromatic N) is 1. The van der Waals surface area contributed by atoms with E-state index in [0.717, 1.165) is 30.2 Å². The molecule has 3 heteroatoms. The first-order valence-corrected chi connectivity index (χ1v) is 8.80. The predicted molar refractivity (Wildman–Crippen MR) is 87.3 cm³/mol. The minimum absolute atomic E-state index is 0.324. The number of piperidine rings is 1. The molecule has 0 amide bonds. The highest BCUT2D eigenvalue weighted by atomic mass is 32.2. The molecule has 1 aliphatic rings. The molecule has 0 aliphatic carbocycles. The monoisotopic (exact) mass is 293 g/mol. The molecule has 1 N–H and O–H groups in total. The summed E-state index contributed by atoms with van der Waals surface area (Å²) in [4.78, 5) is 3.78. The zero-order valence-corrected chi connectivity index (χ0v) is 13.5. The molecule has 1 saturated heterocycles. The summed E-state index contributed by atoms with van der Waals surface area (Å²) < 4.78 is 0. The number of aliphatic hydroxyl groups is 1. The Morgan fingerprint density at radius 2 is 1.90 bits per heavy atom. The maximum Gasteiger partial charge on any atom is 0.0802 e. The van der Waals surface area contributed by atoms with Crippen molar-refractivity contribution in [3.8, 4) is 0 Å². The maximum atomic E-state index is 10.3. The molecule has 1 aliphatic heterocycles. The Kier molecular flexibility index (Phi) is 6.40. The number of thioether (sulfide) groups is 1. The molecule has 1 heterocycles. The third kappa shape index (κ3) is 4.80. The Morgan fingerprint density at radius 1 is 1.25 bits per heavy atom. The van der Waals surface area contributed by atoms with Gasteiger partial charge in [-0.05, 0) is 61.7 Å². The summed E-state index contributed by atoms with van der Waals surface area (Å²) in [5.41, 5.74) is 1.05. The third-order valence-electron chi connectivity index (χ3n) is 4.17. The fraction of sp³-hybridized carbons (Fsp3) is 0.647. The second kappa shape index (κ2) is 8.06. The molecule has 2 nitrogen and oxygen atoms in total. The van der Waals surface area contributed by atoms with Crippen molar-refractivity contribution in [3.05, 3.63) is 29.8 Å². The molecule has 1 atom stereocenters. The highest BCUT2D eigenvalue weighted by Gasteiger charge is 2.17. The van der Waals surface area contributed by atoms with Crippen LogP contribution in [0.1, 0.15) is 44.8 Å². The lowest BCUT2D eigenvalue weighted by Gasteiger charge is -2.30. The molecule has 1 aromatic carbocycles. The number of hydrogen-bond donors (Lipinski definition) is 1. The van der Waals surface area contributed by atoms with Gasteiger partial charge in [-0.25, -0.2) is 0 Å². The Hall–Kier alpha value is -0.510. The largest absolute Gasteiger partial charge is 0.388 e. The first-order valence-electron chi connectivity index (χ1n) is 7.82. The summed E-state index contributed by atoms with van der Waals surface area (Å²) in [7, 11) is 0. The lowest BCUT2D eigenvalue weighted by atomic mass is 9.98. The van der Waals surface area contributed by atoms with Gasteiger partial charge < -0.3 is 10.0 Å². The van der Waals surface area contributed by atoms with Crippen LogP contribution in [0, 0.1) is 5.92 Å². The van der Waals surface area contributed by atoms with Crippen LogP contribution in [0.5, 0.6) is 0 Å². The molecule has 1 aromatic rings. The van der Waals surface area contributed by atoms with Gasteiger partial charge in [0.05, 0.1) is 6.10 Å². The third-order valence-corrected chi connectivity index (χ3v) is 5.07. The van der Waals surface area contributed by atoms with E-state index >= 15 is 0 Å². The minimum atomic E-state index is -0.324. The zero-order valence-electron chi connectivity index (χ0n) is 12.7. The topological polar surface area (TPSA) is 23.5 Å². The highest BCUT2D eigenvalue weighted by Crippen LogP contribution is 2.23. The second-order valence-corrected chi connectivity index (χ2v) is 7.17. The van der Waals surface area contributed by atoms with Gasteiger partial charge in [0.15, 0.2) is 0 Å². The van der Waals surface area contributed by atoms with Crippen LogP contribution >= 0.6 is 11.8 Å². The summed E-state index contributed by atoms with van der Waals surface area (Å²) in [6.07, 6.45) is 3.13. The van der Waals surface area contributed by atoms with Crippen LogP contribution in [0.15, 0.2) is 29.2 Å². The van der Waals surface area contributed by atoms with Crippen molar-refractivity contribution in [1.82, 2.24) is 4.90 Å². The van der Waals surface area contributed by atoms with Gasteiger partial charge in [0, 0.05) is 11.4 Å². The fourth-order valence-corrected chi connectivity index (χ4v) is 3.37. The Balaban J connectivity index is 1.77. The molecule has 0 spiro atoms. The van der Waals surface area contributed by atoms with E-state index in [2.05, 4.69) is 43.0 Å². The summed E-state index contributed by atoms with van der Waals surface area (Å²) in [6, 6.07) is 8.38. The lowest BCUT2D eigenvalue weighted by Crippen LogP contribution is -2.34. The standard InChI is InChI=1S/C17H27NOS/c1-3-20-16-6-4-15(5-7-16)17(19)10-13-18-11-8-14(2)9-12-18/h4-7,14,17,19H,3,8-13H2,1-2H3. The van der Waals surface area contributed by atoms with E-state index in [1.54, 1.807) is 0 Å². The highest BCUT2D eigenvalue weighted by molar-refractivity contribution is 7.99. The van der Waals surface area contributed by atoms with Gasteiger partial charge in [0.2, 0.25) is 0 Å². The van der Waals surface area contributed by atoms with E-state index in [1.165, 1.54) is 30.8 Å². The van der Waals surface area contributed by atoms with Crippen molar-refractivity contribution in [2.45, 2.75) is 44.1 Å². The Labute approximate surface area is 127 Å². The molecule has 0 saturated carbocycles. The summed E-state index contributed by atoms with van der Waals surface area (Å²) in [5.74, 6) is 1.97. The van der Waals surface area contributed by atoms with Gasteiger partial charge >= 0.3 is 0 Å².